The largest absolute Gasteiger partial charge is 0.454 e. The number of aryl methyl sites for hydroxylation is 1. The average molecular weight is 569 g/mol. The lowest BCUT2D eigenvalue weighted by Crippen LogP contribution is -2.50. The molecule has 0 radical (unpaired) electrons. The number of anilines is 1. The third-order valence-electron chi connectivity index (χ3n) is 5.42. The van der Waals surface area contributed by atoms with Gasteiger partial charge in [0.2, 0.25) is 6.35 Å². The van der Waals surface area contributed by atoms with Crippen molar-refractivity contribution in [2.24, 2.45) is 5.10 Å². The van der Waals surface area contributed by atoms with E-state index < -0.39 is 24.0 Å². The second-order valence-corrected chi connectivity index (χ2v) is 8.87. The Morgan fingerprint density at radius 3 is 2.39 bits per heavy atom. The van der Waals surface area contributed by atoms with E-state index in [4.69, 9.17) is 32.8 Å². The van der Waals surface area contributed by atoms with Crippen molar-refractivity contribution in [1.82, 2.24) is 10.8 Å². The summed E-state index contributed by atoms with van der Waals surface area (Å²) in [6, 6.07) is 12.8. The van der Waals surface area contributed by atoms with E-state index in [2.05, 4.69) is 15.9 Å². The zero-order valence-electron chi connectivity index (χ0n) is 19.7. The van der Waals surface area contributed by atoms with Crippen molar-refractivity contribution in [3.8, 4) is 17.2 Å². The van der Waals surface area contributed by atoms with Gasteiger partial charge in [-0.05, 0) is 54.4 Å². The molecule has 3 N–H and O–H groups in total. The Hall–Kier alpha value is -3.51. The minimum Gasteiger partial charge on any atom is -0.454 e. The molecule has 0 fully saturated rings. The molecule has 0 spiro atoms. The number of rotatable bonds is 8. The van der Waals surface area contributed by atoms with Gasteiger partial charge in [-0.1, -0.05) is 42.3 Å². The molecule has 0 saturated heterocycles. The highest BCUT2D eigenvalue weighted by molar-refractivity contribution is 6.37. The van der Waals surface area contributed by atoms with Crippen molar-refractivity contribution >= 4 is 41.0 Å². The number of carbonyl (C=O) groups excluding carboxylic acids is 1. The van der Waals surface area contributed by atoms with E-state index in [1.54, 1.807) is 18.2 Å². The molecule has 8 nitrogen and oxygen atoms in total. The van der Waals surface area contributed by atoms with Gasteiger partial charge >= 0.3 is 6.18 Å². The van der Waals surface area contributed by atoms with E-state index in [0.717, 1.165) is 28.9 Å². The van der Waals surface area contributed by atoms with Crippen LogP contribution in [-0.2, 0) is 23.9 Å². The van der Waals surface area contributed by atoms with Crippen LogP contribution in [0.25, 0.3) is 0 Å². The molecule has 38 heavy (non-hydrogen) atoms. The maximum Gasteiger partial charge on any atom is 0.416 e. The molecule has 0 aliphatic carbocycles. The first-order valence-electron chi connectivity index (χ1n) is 11.2. The average Bonchev–Trinajstić information content (AvgIpc) is 2.86. The number of carbonyl (C=O) groups is 1. The predicted molar refractivity (Wildman–Crippen MR) is 136 cm³/mol. The Balaban J connectivity index is 1.43. The molecule has 1 aliphatic rings. The van der Waals surface area contributed by atoms with Crippen LogP contribution in [0.2, 0.25) is 10.0 Å². The van der Waals surface area contributed by atoms with Gasteiger partial charge in [-0.25, -0.2) is 5.01 Å². The first-order chi connectivity index (χ1) is 18.0. The molecule has 200 valence electrons. The zero-order valence-corrected chi connectivity index (χ0v) is 21.2. The van der Waals surface area contributed by atoms with Gasteiger partial charge in [-0.15, -0.1) is 0 Å². The number of alkyl halides is 3. The summed E-state index contributed by atoms with van der Waals surface area (Å²) >= 11 is 12.8. The summed E-state index contributed by atoms with van der Waals surface area (Å²) < 4.78 is 44.1. The summed E-state index contributed by atoms with van der Waals surface area (Å²) in [5.74, 6) is 0.572. The fourth-order valence-electron chi connectivity index (χ4n) is 3.51. The van der Waals surface area contributed by atoms with Gasteiger partial charge < -0.3 is 20.0 Å². The van der Waals surface area contributed by atoms with Gasteiger partial charge in [0, 0.05) is 5.56 Å². The minimum atomic E-state index is -4.39. The Morgan fingerprint density at radius 1 is 1.11 bits per heavy atom. The summed E-state index contributed by atoms with van der Waals surface area (Å²) in [7, 11) is 0. The fraction of sp³-hybridized carbons (Fsp3) is 0.200. The number of hydrogen-bond donors (Lipinski definition) is 3. The smallest absolute Gasteiger partial charge is 0.416 e. The molecule has 1 heterocycles. The van der Waals surface area contributed by atoms with Crippen molar-refractivity contribution in [3.05, 3.63) is 81.3 Å². The second kappa shape index (κ2) is 11.5. The molecule has 1 aliphatic heterocycles. The minimum absolute atomic E-state index is 0.142. The number of ether oxygens (including phenoxy) is 1. The van der Waals surface area contributed by atoms with E-state index in [1.165, 1.54) is 24.3 Å². The summed E-state index contributed by atoms with van der Waals surface area (Å²) in [6.45, 7) is 2.11. The van der Waals surface area contributed by atoms with Crippen molar-refractivity contribution in [3.63, 3.8) is 0 Å². The van der Waals surface area contributed by atoms with E-state index in [1.807, 2.05) is 6.92 Å². The van der Waals surface area contributed by atoms with Crippen LogP contribution in [0.1, 0.15) is 23.6 Å². The lowest BCUT2D eigenvalue weighted by atomic mass is 10.1. The lowest BCUT2D eigenvalue weighted by Gasteiger charge is -2.28. The molecule has 3 aromatic carbocycles. The molecule has 1 atom stereocenters. The van der Waals surface area contributed by atoms with Crippen LogP contribution < -0.4 is 25.4 Å². The first kappa shape index (κ1) is 27.5. The third-order valence-corrected chi connectivity index (χ3v) is 5.98. The number of aliphatic hydroxyl groups excluding tert-OH is 1. The number of hydrazone groups is 1. The van der Waals surface area contributed by atoms with Crippen molar-refractivity contribution in [2.75, 3.05) is 5.01 Å². The summed E-state index contributed by atoms with van der Waals surface area (Å²) in [4.78, 5) is 16.9. The molecule has 0 bridgehead atoms. The topological polar surface area (TPSA) is 95.4 Å². The molecule has 4 rings (SSSR count). The summed E-state index contributed by atoms with van der Waals surface area (Å²) in [6.07, 6.45) is -4.18. The van der Waals surface area contributed by atoms with Crippen molar-refractivity contribution in [2.45, 2.75) is 32.4 Å². The van der Waals surface area contributed by atoms with Crippen LogP contribution in [0.4, 0.5) is 18.9 Å². The van der Waals surface area contributed by atoms with E-state index in [-0.39, 0.29) is 22.3 Å². The number of hydrogen-bond acceptors (Lipinski definition) is 7. The van der Waals surface area contributed by atoms with Gasteiger partial charge in [-0.3, -0.25) is 4.79 Å². The number of amides is 1. The Kier molecular flexibility index (Phi) is 8.32. The normalized spacial score (nSPS) is 15.4. The second-order valence-electron chi connectivity index (χ2n) is 8.05. The van der Waals surface area contributed by atoms with Gasteiger partial charge in [0.1, 0.15) is 12.0 Å². The number of aliphatic hydroxyl groups is 1. The molecule has 3 aromatic rings. The highest BCUT2D eigenvalue weighted by Crippen LogP contribution is 2.41. The van der Waals surface area contributed by atoms with Crippen LogP contribution >= 0.6 is 23.2 Å². The van der Waals surface area contributed by atoms with Crippen LogP contribution in [0, 0.1) is 0 Å². The molecule has 13 heteroatoms. The van der Waals surface area contributed by atoms with Gasteiger partial charge in [0.05, 0.1) is 27.8 Å². The van der Waals surface area contributed by atoms with Gasteiger partial charge in [-0.2, -0.15) is 23.8 Å². The van der Waals surface area contributed by atoms with Crippen molar-refractivity contribution in [1.29, 1.82) is 0 Å². The monoisotopic (exact) mass is 568 g/mol. The van der Waals surface area contributed by atoms with Crippen LogP contribution in [-0.4, -0.2) is 23.6 Å². The van der Waals surface area contributed by atoms with Gasteiger partial charge in [0.25, 0.3) is 5.91 Å². The number of hydroxylamine groups is 1. The SMILES string of the molecule is CCc1cc(Oc2c(Cl)cc(N3N=CC(=O)NC3O)cc2Cl)ccc1ONCc1ccc(C(F)(F)F)cc1. The maximum absolute atomic E-state index is 12.7. The molecular weight excluding hydrogens is 548 g/mol. The lowest BCUT2D eigenvalue weighted by molar-refractivity contribution is -0.137. The summed E-state index contributed by atoms with van der Waals surface area (Å²) in [5.41, 5.74) is 3.77. The number of nitrogens with one attached hydrogen (secondary N) is 2. The standard InChI is InChI=1S/C25H21Cl2F3N4O4/c1-2-15-9-18(7-8-21(15)38-32-12-14-3-5-16(6-4-14)25(28,29)30)37-23-19(26)10-17(11-20(23)27)34-24(36)33-22(35)13-31-34/h3-11,13,24,32,36H,2,12H2,1H3,(H,33,35). The quantitative estimate of drug-likeness (QED) is 0.304. The third kappa shape index (κ3) is 6.48. The molecule has 0 saturated carbocycles. The Morgan fingerprint density at radius 2 is 1.79 bits per heavy atom. The van der Waals surface area contributed by atoms with E-state index in [9.17, 15) is 23.1 Å². The van der Waals surface area contributed by atoms with Crippen LogP contribution in [0.15, 0.2) is 59.7 Å². The van der Waals surface area contributed by atoms with Crippen molar-refractivity contribution < 1.29 is 32.6 Å². The predicted octanol–water partition coefficient (Wildman–Crippen LogP) is 5.65. The van der Waals surface area contributed by atoms with Gasteiger partial charge in [0.15, 0.2) is 11.5 Å². The van der Waals surface area contributed by atoms with E-state index >= 15 is 0 Å². The highest BCUT2D eigenvalue weighted by Gasteiger charge is 2.30. The highest BCUT2D eigenvalue weighted by atomic mass is 35.5. The number of nitrogens with zero attached hydrogens (tertiary/aromatic N) is 2. The fourth-order valence-corrected chi connectivity index (χ4v) is 4.06. The number of halogens is 5. The molecular formula is C25H21Cl2F3N4O4. The van der Waals surface area contributed by atoms with Crippen LogP contribution in [0.3, 0.4) is 0 Å². The first-order valence-corrected chi connectivity index (χ1v) is 12.0. The molecule has 0 aromatic heterocycles. The molecule has 1 unspecified atom stereocenters. The zero-order chi connectivity index (χ0) is 27.4. The summed E-state index contributed by atoms with van der Waals surface area (Å²) in [5, 5.41) is 17.6. The van der Waals surface area contributed by atoms with Crippen LogP contribution in [0.5, 0.6) is 17.2 Å². The Bertz CT molecular complexity index is 1330. The Labute approximate surface area is 225 Å². The van der Waals surface area contributed by atoms with E-state index in [0.29, 0.717) is 29.2 Å². The number of benzene rings is 3. The maximum atomic E-state index is 12.7. The molecule has 1 amide bonds.